The van der Waals surface area contributed by atoms with E-state index >= 15 is 0 Å². The average Bonchev–Trinajstić information content (AvgIpc) is 2.67. The molecule has 0 saturated carbocycles. The summed E-state index contributed by atoms with van der Waals surface area (Å²) in [5.74, 6) is -0.356. The van der Waals surface area contributed by atoms with Gasteiger partial charge in [0.05, 0.1) is 19.1 Å². The Bertz CT molecular complexity index is 436. The Morgan fingerprint density at radius 3 is 2.36 bits per heavy atom. The highest BCUT2D eigenvalue weighted by atomic mass is 19.1. The van der Waals surface area contributed by atoms with Crippen molar-refractivity contribution in [3.05, 3.63) is 0 Å². The number of carbonyl (C=O) groups is 2. The first-order valence-electron chi connectivity index (χ1n) is 7.42. The van der Waals surface area contributed by atoms with Gasteiger partial charge in [0.1, 0.15) is 17.9 Å². The lowest BCUT2D eigenvalue weighted by Gasteiger charge is -2.33. The van der Waals surface area contributed by atoms with Crippen molar-refractivity contribution in [1.29, 1.82) is 0 Å². The maximum Gasteiger partial charge on any atom is 0.410 e. The second-order valence-corrected chi connectivity index (χ2v) is 6.87. The Morgan fingerprint density at radius 1 is 1.18 bits per heavy atom. The van der Waals surface area contributed by atoms with E-state index < -0.39 is 30.1 Å². The summed E-state index contributed by atoms with van der Waals surface area (Å²) in [6, 6.07) is -0.748. The summed E-state index contributed by atoms with van der Waals surface area (Å²) in [4.78, 5) is 26.6. The molecule has 2 saturated heterocycles. The number of rotatable bonds is 3. The smallest absolute Gasteiger partial charge is 0.410 e. The monoisotopic (exact) mass is 319 g/mol. The second-order valence-electron chi connectivity index (χ2n) is 6.87. The van der Waals surface area contributed by atoms with Crippen LogP contribution in [0.1, 0.15) is 20.8 Å². The Balaban J connectivity index is 1.78. The molecule has 0 aromatic heterocycles. The summed E-state index contributed by atoms with van der Waals surface area (Å²) in [5.41, 5.74) is -0.648. The fourth-order valence-electron chi connectivity index (χ4n) is 2.47. The maximum absolute atomic E-state index is 13.9. The molecular weight excluding hydrogens is 296 g/mol. The van der Waals surface area contributed by atoms with E-state index in [1.54, 1.807) is 25.7 Å². The molecule has 1 N–H and O–H groups in total. The van der Waals surface area contributed by atoms with Crippen LogP contribution in [0.15, 0.2) is 0 Å². The van der Waals surface area contributed by atoms with Gasteiger partial charge >= 0.3 is 6.09 Å². The summed E-state index contributed by atoms with van der Waals surface area (Å²) < 4.78 is 31.8. The number of hydrogen-bond acceptors (Lipinski definition) is 4. The Hall–Kier alpha value is -1.44. The molecule has 0 aromatic rings. The van der Waals surface area contributed by atoms with E-state index in [1.165, 1.54) is 4.90 Å². The number of carbonyl (C=O) groups excluding carboxylic acids is 2. The number of ether oxygens (including phenoxy) is 1. The molecule has 2 rings (SSSR count). The molecule has 126 valence electrons. The number of amides is 2. The lowest BCUT2D eigenvalue weighted by Crippen LogP contribution is -2.54. The molecule has 2 aliphatic heterocycles. The molecule has 2 heterocycles. The molecule has 6 nitrogen and oxygen atoms in total. The van der Waals surface area contributed by atoms with Crippen LogP contribution in [0.25, 0.3) is 0 Å². The van der Waals surface area contributed by atoms with Gasteiger partial charge in [-0.05, 0) is 20.8 Å². The van der Waals surface area contributed by atoms with Gasteiger partial charge in [-0.1, -0.05) is 0 Å². The number of alkyl halides is 2. The molecule has 2 amide bonds. The van der Waals surface area contributed by atoms with Crippen LogP contribution in [0.5, 0.6) is 0 Å². The van der Waals surface area contributed by atoms with Crippen molar-refractivity contribution < 1.29 is 23.1 Å². The normalized spacial score (nSPS) is 26.7. The topological polar surface area (TPSA) is 61.9 Å². The van der Waals surface area contributed by atoms with Crippen LogP contribution in [-0.2, 0) is 9.53 Å². The van der Waals surface area contributed by atoms with E-state index in [9.17, 15) is 18.4 Å². The van der Waals surface area contributed by atoms with Crippen molar-refractivity contribution in [2.75, 3.05) is 32.7 Å². The summed E-state index contributed by atoms with van der Waals surface area (Å²) in [5, 5.41) is 2.56. The highest BCUT2D eigenvalue weighted by Gasteiger charge is 2.38. The van der Waals surface area contributed by atoms with Crippen LogP contribution in [-0.4, -0.2) is 78.5 Å². The number of nitrogens with one attached hydrogen (secondary N) is 1. The van der Waals surface area contributed by atoms with Gasteiger partial charge in [0, 0.05) is 19.6 Å². The van der Waals surface area contributed by atoms with Crippen LogP contribution < -0.4 is 5.32 Å². The molecule has 0 bridgehead atoms. The lowest BCUT2D eigenvalue weighted by molar-refractivity contribution is -0.125. The van der Waals surface area contributed by atoms with Gasteiger partial charge in [-0.2, -0.15) is 0 Å². The van der Waals surface area contributed by atoms with E-state index in [-0.39, 0.29) is 38.6 Å². The first-order chi connectivity index (χ1) is 10.1. The third-order valence-corrected chi connectivity index (χ3v) is 3.53. The molecule has 0 spiro atoms. The molecule has 8 heteroatoms. The molecule has 2 atom stereocenters. The summed E-state index contributed by atoms with van der Waals surface area (Å²) in [6.07, 6.45) is -2.80. The van der Waals surface area contributed by atoms with Crippen LogP contribution in [0.4, 0.5) is 13.6 Å². The summed E-state index contributed by atoms with van der Waals surface area (Å²) in [7, 11) is 0. The van der Waals surface area contributed by atoms with Gasteiger partial charge in [-0.25, -0.2) is 13.6 Å². The zero-order valence-corrected chi connectivity index (χ0v) is 13.1. The first-order valence-corrected chi connectivity index (χ1v) is 7.42. The predicted molar refractivity (Wildman–Crippen MR) is 76.0 cm³/mol. The minimum atomic E-state index is -1.33. The molecule has 2 aliphatic rings. The van der Waals surface area contributed by atoms with E-state index in [0.717, 1.165) is 0 Å². The quantitative estimate of drug-likeness (QED) is 0.832. The number of halogens is 2. The average molecular weight is 319 g/mol. The molecule has 22 heavy (non-hydrogen) atoms. The SMILES string of the molecule is CC(C)(C)OC(=O)N1C[C@@H](F)[C@@H](NC(=O)CN2CC(F)C2)C1. The molecule has 0 aliphatic carbocycles. The van der Waals surface area contributed by atoms with Crippen LogP contribution >= 0.6 is 0 Å². The van der Waals surface area contributed by atoms with Crippen molar-refractivity contribution >= 4 is 12.0 Å². The Kier molecular flexibility index (Phi) is 4.89. The number of nitrogens with zero attached hydrogens (tertiary/aromatic N) is 2. The maximum atomic E-state index is 13.9. The van der Waals surface area contributed by atoms with Crippen LogP contribution in [0.2, 0.25) is 0 Å². The standard InChI is InChI=1S/C14H23F2N3O3/c1-14(2,3)22-13(21)19-6-10(16)11(7-19)17-12(20)8-18-4-9(15)5-18/h9-11H,4-8H2,1-3H3,(H,17,20)/t10-,11+/m1/s1. The van der Waals surface area contributed by atoms with Gasteiger partial charge < -0.3 is 15.0 Å². The van der Waals surface area contributed by atoms with Crippen molar-refractivity contribution in [3.63, 3.8) is 0 Å². The van der Waals surface area contributed by atoms with Crippen LogP contribution in [0.3, 0.4) is 0 Å². The minimum absolute atomic E-state index is 0.0517. The molecule has 0 aromatic carbocycles. The zero-order valence-electron chi connectivity index (χ0n) is 13.1. The van der Waals surface area contributed by atoms with E-state index in [1.807, 2.05) is 0 Å². The molecule has 0 unspecified atom stereocenters. The first kappa shape index (κ1) is 16.9. The van der Waals surface area contributed by atoms with Crippen molar-refractivity contribution in [2.24, 2.45) is 0 Å². The summed E-state index contributed by atoms with van der Waals surface area (Å²) >= 11 is 0. The predicted octanol–water partition coefficient (Wildman–Crippen LogP) is 0.714. The second kappa shape index (κ2) is 6.36. The third kappa shape index (κ3) is 4.53. The zero-order chi connectivity index (χ0) is 16.5. The summed E-state index contributed by atoms with van der Waals surface area (Å²) in [6.45, 7) is 5.71. The molecular formula is C14H23F2N3O3. The number of likely N-dealkylation sites (tertiary alicyclic amines) is 2. The Morgan fingerprint density at radius 2 is 1.82 bits per heavy atom. The van der Waals surface area contributed by atoms with Gasteiger partial charge in [0.15, 0.2) is 0 Å². The molecule has 2 fully saturated rings. The van der Waals surface area contributed by atoms with Gasteiger partial charge in [-0.15, -0.1) is 0 Å². The van der Waals surface area contributed by atoms with E-state index in [2.05, 4.69) is 5.32 Å². The van der Waals surface area contributed by atoms with E-state index in [4.69, 9.17) is 4.74 Å². The highest BCUT2D eigenvalue weighted by molar-refractivity contribution is 5.79. The fraction of sp³-hybridized carbons (Fsp3) is 0.857. The van der Waals surface area contributed by atoms with Crippen molar-refractivity contribution in [3.8, 4) is 0 Å². The minimum Gasteiger partial charge on any atom is -0.444 e. The largest absolute Gasteiger partial charge is 0.444 e. The lowest BCUT2D eigenvalue weighted by atomic mass is 10.2. The number of hydrogen-bond donors (Lipinski definition) is 1. The van der Waals surface area contributed by atoms with Gasteiger partial charge in [0.2, 0.25) is 5.91 Å². The van der Waals surface area contributed by atoms with Gasteiger partial charge in [-0.3, -0.25) is 9.69 Å². The van der Waals surface area contributed by atoms with Gasteiger partial charge in [0.25, 0.3) is 0 Å². The fourth-order valence-corrected chi connectivity index (χ4v) is 2.47. The third-order valence-electron chi connectivity index (χ3n) is 3.53. The van der Waals surface area contributed by atoms with Crippen molar-refractivity contribution in [2.45, 2.75) is 44.8 Å². The molecule has 0 radical (unpaired) electrons. The van der Waals surface area contributed by atoms with Crippen LogP contribution in [0, 0.1) is 0 Å². The van der Waals surface area contributed by atoms with Crippen molar-refractivity contribution in [1.82, 2.24) is 15.1 Å². The van der Waals surface area contributed by atoms with E-state index in [0.29, 0.717) is 0 Å². The highest BCUT2D eigenvalue weighted by Crippen LogP contribution is 2.18. The Labute approximate surface area is 128 Å².